The number of anilines is 1. The van der Waals surface area contributed by atoms with Crippen molar-refractivity contribution in [2.75, 3.05) is 51.3 Å². The van der Waals surface area contributed by atoms with Crippen LogP contribution in [0, 0.1) is 6.92 Å². The molecule has 4 heteroatoms. The lowest BCUT2D eigenvalue weighted by Crippen LogP contribution is -2.55. The average molecular weight is 380 g/mol. The van der Waals surface area contributed by atoms with E-state index in [1.165, 1.54) is 55.8 Å². The second-order valence-electron chi connectivity index (χ2n) is 8.19. The van der Waals surface area contributed by atoms with Crippen molar-refractivity contribution >= 4 is 5.69 Å². The summed E-state index contributed by atoms with van der Waals surface area (Å²) in [6, 6.07) is 18.0. The highest BCUT2D eigenvalue weighted by molar-refractivity contribution is 5.53. The molecule has 0 spiro atoms. The molecule has 0 aromatic heterocycles. The Labute approximate surface area is 169 Å². The van der Waals surface area contributed by atoms with Crippen LogP contribution in [0.15, 0.2) is 48.5 Å². The number of nitrogens with zero attached hydrogens (tertiary/aromatic N) is 3. The molecule has 2 saturated heterocycles. The summed E-state index contributed by atoms with van der Waals surface area (Å²) in [5.74, 6) is 0.937. The fourth-order valence-electron chi connectivity index (χ4n) is 4.71. The highest BCUT2D eigenvalue weighted by atomic mass is 16.5. The molecule has 0 aliphatic carbocycles. The number of hydrogen-bond acceptors (Lipinski definition) is 4. The van der Waals surface area contributed by atoms with Crippen molar-refractivity contribution in [1.82, 2.24) is 9.80 Å². The zero-order valence-electron chi connectivity index (χ0n) is 17.3. The summed E-state index contributed by atoms with van der Waals surface area (Å²) in [4.78, 5) is 7.92. The SMILES string of the molecule is COc1ccc(CN2CCC[C@H](N3CCN(c4ccccc4C)CC3)C2)cc1. The van der Waals surface area contributed by atoms with Gasteiger partial charge in [-0.05, 0) is 55.6 Å². The fourth-order valence-corrected chi connectivity index (χ4v) is 4.71. The summed E-state index contributed by atoms with van der Waals surface area (Å²) in [6.45, 7) is 10.3. The van der Waals surface area contributed by atoms with Crippen molar-refractivity contribution in [3.05, 3.63) is 59.7 Å². The largest absolute Gasteiger partial charge is 0.497 e. The monoisotopic (exact) mass is 379 g/mol. The van der Waals surface area contributed by atoms with Crippen LogP contribution in [0.1, 0.15) is 24.0 Å². The van der Waals surface area contributed by atoms with Gasteiger partial charge in [-0.1, -0.05) is 30.3 Å². The van der Waals surface area contributed by atoms with Gasteiger partial charge >= 0.3 is 0 Å². The van der Waals surface area contributed by atoms with E-state index in [4.69, 9.17) is 4.74 Å². The normalized spacial score (nSPS) is 21.6. The van der Waals surface area contributed by atoms with Gasteiger partial charge in [-0.2, -0.15) is 0 Å². The van der Waals surface area contributed by atoms with Crippen molar-refractivity contribution in [3.8, 4) is 5.75 Å². The van der Waals surface area contributed by atoms with Gasteiger partial charge in [0.15, 0.2) is 0 Å². The number of likely N-dealkylation sites (tertiary alicyclic amines) is 1. The first-order valence-corrected chi connectivity index (χ1v) is 10.6. The molecule has 4 rings (SSSR count). The van der Waals surface area contributed by atoms with E-state index in [0.717, 1.165) is 25.4 Å². The van der Waals surface area contributed by atoms with E-state index in [2.05, 4.69) is 70.2 Å². The number of para-hydroxylation sites is 1. The van der Waals surface area contributed by atoms with Crippen LogP contribution in [0.5, 0.6) is 5.75 Å². The lowest BCUT2D eigenvalue weighted by atomic mass is 10.0. The number of ether oxygens (including phenoxy) is 1. The molecule has 0 radical (unpaired) electrons. The summed E-state index contributed by atoms with van der Waals surface area (Å²) in [5.41, 5.74) is 4.18. The van der Waals surface area contributed by atoms with E-state index < -0.39 is 0 Å². The highest BCUT2D eigenvalue weighted by Crippen LogP contribution is 2.24. The van der Waals surface area contributed by atoms with Crippen LogP contribution < -0.4 is 9.64 Å². The third kappa shape index (κ3) is 4.50. The van der Waals surface area contributed by atoms with Gasteiger partial charge in [-0.25, -0.2) is 0 Å². The van der Waals surface area contributed by atoms with Crippen LogP contribution in [0.2, 0.25) is 0 Å². The fraction of sp³-hybridized carbons (Fsp3) is 0.500. The Bertz CT molecular complexity index is 753. The predicted molar refractivity (Wildman–Crippen MR) is 116 cm³/mol. The third-order valence-electron chi connectivity index (χ3n) is 6.33. The number of methoxy groups -OCH3 is 1. The Kier molecular flexibility index (Phi) is 6.18. The quantitative estimate of drug-likeness (QED) is 0.787. The molecule has 0 N–H and O–H groups in total. The predicted octanol–water partition coefficient (Wildman–Crippen LogP) is 3.79. The molecule has 0 saturated carbocycles. The highest BCUT2D eigenvalue weighted by Gasteiger charge is 2.28. The maximum absolute atomic E-state index is 5.28. The second-order valence-corrected chi connectivity index (χ2v) is 8.19. The van der Waals surface area contributed by atoms with Gasteiger partial charge in [0.05, 0.1) is 7.11 Å². The van der Waals surface area contributed by atoms with Gasteiger partial charge < -0.3 is 9.64 Å². The molecule has 1 atom stereocenters. The number of piperazine rings is 1. The van der Waals surface area contributed by atoms with Crippen molar-refractivity contribution in [2.45, 2.75) is 32.4 Å². The van der Waals surface area contributed by atoms with E-state index in [1.54, 1.807) is 7.11 Å². The van der Waals surface area contributed by atoms with E-state index in [0.29, 0.717) is 6.04 Å². The Morgan fingerprint density at radius 1 is 0.929 bits per heavy atom. The van der Waals surface area contributed by atoms with Gasteiger partial charge in [-0.3, -0.25) is 9.80 Å². The first kappa shape index (κ1) is 19.3. The van der Waals surface area contributed by atoms with Crippen LogP contribution in [-0.4, -0.2) is 62.2 Å². The summed E-state index contributed by atoms with van der Waals surface area (Å²) < 4.78 is 5.28. The van der Waals surface area contributed by atoms with Gasteiger partial charge in [0.2, 0.25) is 0 Å². The van der Waals surface area contributed by atoms with Gasteiger partial charge in [0.1, 0.15) is 5.75 Å². The first-order chi connectivity index (χ1) is 13.7. The van der Waals surface area contributed by atoms with Crippen molar-refractivity contribution in [2.24, 2.45) is 0 Å². The maximum Gasteiger partial charge on any atom is 0.118 e. The van der Waals surface area contributed by atoms with Crippen LogP contribution in [0.3, 0.4) is 0 Å². The third-order valence-corrected chi connectivity index (χ3v) is 6.33. The Morgan fingerprint density at radius 2 is 1.68 bits per heavy atom. The molecule has 4 nitrogen and oxygen atoms in total. The summed E-state index contributed by atoms with van der Waals surface area (Å²) in [7, 11) is 1.73. The molecule has 2 aliphatic heterocycles. The Balaban J connectivity index is 1.31. The molecule has 2 heterocycles. The zero-order valence-corrected chi connectivity index (χ0v) is 17.3. The van der Waals surface area contributed by atoms with Gasteiger partial charge in [0.25, 0.3) is 0 Å². The zero-order chi connectivity index (χ0) is 19.3. The van der Waals surface area contributed by atoms with E-state index in [1.807, 2.05) is 0 Å². The van der Waals surface area contributed by atoms with Crippen molar-refractivity contribution in [1.29, 1.82) is 0 Å². The van der Waals surface area contributed by atoms with E-state index in [9.17, 15) is 0 Å². The minimum Gasteiger partial charge on any atom is -0.497 e. The number of aryl methyl sites for hydroxylation is 1. The van der Waals surface area contributed by atoms with Crippen LogP contribution in [-0.2, 0) is 6.54 Å². The molecule has 2 aromatic carbocycles. The Hall–Kier alpha value is -2.04. The second kappa shape index (κ2) is 8.97. The number of benzene rings is 2. The molecule has 2 fully saturated rings. The van der Waals surface area contributed by atoms with Crippen molar-refractivity contribution < 1.29 is 4.74 Å². The van der Waals surface area contributed by atoms with Crippen molar-refractivity contribution in [3.63, 3.8) is 0 Å². The number of hydrogen-bond donors (Lipinski definition) is 0. The molecule has 28 heavy (non-hydrogen) atoms. The lowest BCUT2D eigenvalue weighted by Gasteiger charge is -2.44. The van der Waals surface area contributed by atoms with Crippen LogP contribution >= 0.6 is 0 Å². The number of piperidine rings is 1. The molecule has 2 aliphatic rings. The first-order valence-electron chi connectivity index (χ1n) is 10.6. The smallest absolute Gasteiger partial charge is 0.118 e. The summed E-state index contributed by atoms with van der Waals surface area (Å²) in [6.07, 6.45) is 2.64. The van der Waals surface area contributed by atoms with Gasteiger partial charge in [-0.15, -0.1) is 0 Å². The molecule has 0 bridgehead atoms. The molecular weight excluding hydrogens is 346 g/mol. The topological polar surface area (TPSA) is 19.0 Å². The van der Waals surface area contributed by atoms with Crippen LogP contribution in [0.4, 0.5) is 5.69 Å². The minimum absolute atomic E-state index is 0.700. The molecule has 2 aromatic rings. The van der Waals surface area contributed by atoms with E-state index >= 15 is 0 Å². The van der Waals surface area contributed by atoms with Gasteiger partial charge in [0, 0.05) is 51.0 Å². The molecule has 150 valence electrons. The minimum atomic E-state index is 0.700. The standard InChI is InChI=1S/C24H33N3O/c1-20-6-3-4-8-24(20)27-16-14-26(15-17-27)22-7-5-13-25(19-22)18-21-9-11-23(28-2)12-10-21/h3-4,6,8-12,22H,5,7,13-19H2,1-2H3/t22-/m0/s1. The molecule has 0 unspecified atom stereocenters. The average Bonchev–Trinajstić information content (AvgIpc) is 2.75. The van der Waals surface area contributed by atoms with E-state index in [-0.39, 0.29) is 0 Å². The summed E-state index contributed by atoms with van der Waals surface area (Å²) >= 11 is 0. The summed E-state index contributed by atoms with van der Waals surface area (Å²) in [5, 5.41) is 0. The molecule has 0 amide bonds. The maximum atomic E-state index is 5.28. The van der Waals surface area contributed by atoms with Crippen LogP contribution in [0.25, 0.3) is 0 Å². The number of rotatable bonds is 5. The molecular formula is C24H33N3O. The lowest BCUT2D eigenvalue weighted by molar-refractivity contribution is 0.0887. The Morgan fingerprint density at radius 3 is 2.39 bits per heavy atom.